The van der Waals surface area contributed by atoms with Gasteiger partial charge >= 0.3 is 0 Å². The van der Waals surface area contributed by atoms with Gasteiger partial charge < -0.3 is 4.74 Å². The summed E-state index contributed by atoms with van der Waals surface area (Å²) in [6.07, 6.45) is 4.43. The Balaban J connectivity index is 2.12. The van der Waals surface area contributed by atoms with Crippen molar-refractivity contribution in [3.05, 3.63) is 58.3 Å². The zero-order valence-electron chi connectivity index (χ0n) is 12.5. The standard InChI is InChI=1S/C17H14FN3O2/c1-10-2-7-13-15(22)14-16(20-9-8-19-14)21(17(13)23-10)12-5-3-11(18)4-6-12/h3-6,8-10H,2,7H2,1H3. The Labute approximate surface area is 131 Å². The highest BCUT2D eigenvalue weighted by Crippen LogP contribution is 2.31. The zero-order chi connectivity index (χ0) is 16.0. The molecule has 0 spiro atoms. The van der Waals surface area contributed by atoms with Gasteiger partial charge in [-0.1, -0.05) is 0 Å². The molecule has 1 aliphatic rings. The smallest absolute Gasteiger partial charge is 0.216 e. The van der Waals surface area contributed by atoms with Crippen LogP contribution in [0.3, 0.4) is 0 Å². The van der Waals surface area contributed by atoms with E-state index < -0.39 is 0 Å². The number of hydrogen-bond donors (Lipinski definition) is 0. The van der Waals surface area contributed by atoms with Crippen LogP contribution in [0.1, 0.15) is 18.9 Å². The summed E-state index contributed by atoms with van der Waals surface area (Å²) >= 11 is 0. The Morgan fingerprint density at radius 3 is 2.74 bits per heavy atom. The summed E-state index contributed by atoms with van der Waals surface area (Å²) in [5.74, 6) is 0.154. The van der Waals surface area contributed by atoms with Crippen molar-refractivity contribution in [1.29, 1.82) is 0 Å². The molecule has 6 heteroatoms. The number of halogens is 1. The summed E-state index contributed by atoms with van der Waals surface area (Å²) in [4.78, 5) is 21.1. The Bertz CT molecular complexity index is 950. The molecule has 0 radical (unpaired) electrons. The second-order valence-corrected chi connectivity index (χ2v) is 5.62. The molecule has 1 aliphatic heterocycles. The third kappa shape index (κ3) is 2.18. The number of aromatic nitrogens is 3. The predicted octanol–water partition coefficient (Wildman–Crippen LogP) is 2.63. The van der Waals surface area contributed by atoms with Crippen LogP contribution in [0.25, 0.3) is 16.9 Å². The van der Waals surface area contributed by atoms with Gasteiger partial charge in [-0.2, -0.15) is 0 Å². The molecular formula is C17H14FN3O2. The minimum atomic E-state index is -0.326. The molecule has 0 bridgehead atoms. The minimum Gasteiger partial charge on any atom is -0.475 e. The van der Waals surface area contributed by atoms with Gasteiger partial charge in [0.05, 0.1) is 17.4 Å². The molecule has 116 valence electrons. The molecule has 1 aromatic carbocycles. The summed E-state index contributed by atoms with van der Waals surface area (Å²) in [6, 6.07) is 6.01. The number of rotatable bonds is 1. The van der Waals surface area contributed by atoms with Gasteiger partial charge in [0.15, 0.2) is 11.2 Å². The summed E-state index contributed by atoms with van der Waals surface area (Å²) in [5.41, 5.74) is 1.85. The Hall–Kier alpha value is -2.76. The molecule has 0 amide bonds. The molecule has 0 saturated carbocycles. The van der Waals surface area contributed by atoms with E-state index in [9.17, 15) is 9.18 Å². The largest absolute Gasteiger partial charge is 0.475 e. The third-order valence-corrected chi connectivity index (χ3v) is 4.04. The van der Waals surface area contributed by atoms with Gasteiger partial charge in [0.1, 0.15) is 5.82 Å². The first kappa shape index (κ1) is 13.9. The van der Waals surface area contributed by atoms with E-state index in [-0.39, 0.29) is 17.3 Å². The fourth-order valence-corrected chi connectivity index (χ4v) is 2.90. The molecule has 3 aromatic rings. The van der Waals surface area contributed by atoms with E-state index in [4.69, 9.17) is 4.74 Å². The van der Waals surface area contributed by atoms with Crippen LogP contribution >= 0.6 is 0 Å². The molecule has 0 fully saturated rings. The van der Waals surface area contributed by atoms with Gasteiger partial charge in [0, 0.05) is 12.4 Å². The maximum absolute atomic E-state index is 13.3. The maximum atomic E-state index is 13.3. The van der Waals surface area contributed by atoms with Crippen LogP contribution in [0.5, 0.6) is 5.88 Å². The Kier molecular flexibility index (Phi) is 3.11. The molecule has 0 N–H and O–H groups in total. The normalized spacial score (nSPS) is 16.9. The van der Waals surface area contributed by atoms with Crippen LogP contribution in [0.15, 0.2) is 41.5 Å². The summed E-state index contributed by atoms with van der Waals surface area (Å²) < 4.78 is 20.9. The number of hydrogen-bond acceptors (Lipinski definition) is 4. The van der Waals surface area contributed by atoms with E-state index in [0.717, 1.165) is 6.42 Å². The molecule has 5 nitrogen and oxygen atoms in total. The van der Waals surface area contributed by atoms with Crippen molar-refractivity contribution in [1.82, 2.24) is 14.5 Å². The Morgan fingerprint density at radius 2 is 1.96 bits per heavy atom. The second kappa shape index (κ2) is 5.15. The highest BCUT2D eigenvalue weighted by molar-refractivity contribution is 5.75. The highest BCUT2D eigenvalue weighted by Gasteiger charge is 2.26. The van der Waals surface area contributed by atoms with Gasteiger partial charge in [-0.3, -0.25) is 9.36 Å². The van der Waals surface area contributed by atoms with Crippen molar-refractivity contribution in [2.45, 2.75) is 25.9 Å². The van der Waals surface area contributed by atoms with Gasteiger partial charge in [-0.25, -0.2) is 14.4 Å². The van der Waals surface area contributed by atoms with Crippen LogP contribution in [0.2, 0.25) is 0 Å². The Morgan fingerprint density at radius 1 is 1.22 bits per heavy atom. The van der Waals surface area contributed by atoms with Gasteiger partial charge in [0.2, 0.25) is 11.3 Å². The van der Waals surface area contributed by atoms with Crippen LogP contribution in [0.4, 0.5) is 4.39 Å². The van der Waals surface area contributed by atoms with Crippen LogP contribution < -0.4 is 10.2 Å². The van der Waals surface area contributed by atoms with Crippen LogP contribution in [0, 0.1) is 5.82 Å². The van der Waals surface area contributed by atoms with E-state index in [1.165, 1.54) is 24.5 Å². The fraction of sp³-hybridized carbons (Fsp3) is 0.235. The zero-order valence-corrected chi connectivity index (χ0v) is 12.5. The number of benzene rings is 1. The van der Waals surface area contributed by atoms with Crippen LogP contribution in [-0.2, 0) is 6.42 Å². The SMILES string of the molecule is CC1CCc2c(n(-c3ccc(F)cc3)c3nccnc3c2=O)O1. The molecule has 1 atom stereocenters. The number of fused-ring (bicyclic) bond motifs is 2. The third-order valence-electron chi connectivity index (χ3n) is 4.04. The van der Waals surface area contributed by atoms with E-state index in [1.807, 2.05) is 6.92 Å². The first-order valence-corrected chi connectivity index (χ1v) is 7.46. The van der Waals surface area contributed by atoms with Gasteiger partial charge in [-0.15, -0.1) is 0 Å². The van der Waals surface area contributed by atoms with Crippen LogP contribution in [-0.4, -0.2) is 20.6 Å². The van der Waals surface area contributed by atoms with E-state index >= 15 is 0 Å². The summed E-state index contributed by atoms with van der Waals surface area (Å²) in [6.45, 7) is 1.96. The molecule has 0 aliphatic carbocycles. The van der Waals surface area contributed by atoms with Crippen molar-refractivity contribution in [2.24, 2.45) is 0 Å². The van der Waals surface area contributed by atoms with Crippen molar-refractivity contribution in [3.63, 3.8) is 0 Å². The molecule has 0 saturated heterocycles. The quantitative estimate of drug-likeness (QED) is 0.693. The first-order valence-electron chi connectivity index (χ1n) is 7.46. The van der Waals surface area contributed by atoms with E-state index in [0.29, 0.717) is 34.7 Å². The number of nitrogens with zero attached hydrogens (tertiary/aromatic N) is 3. The molecule has 4 rings (SSSR count). The van der Waals surface area contributed by atoms with Crippen molar-refractivity contribution >= 4 is 11.2 Å². The lowest BCUT2D eigenvalue weighted by Crippen LogP contribution is -2.28. The number of ether oxygens (including phenoxy) is 1. The van der Waals surface area contributed by atoms with Gasteiger partial charge in [0.25, 0.3) is 0 Å². The average Bonchev–Trinajstić information content (AvgIpc) is 2.56. The van der Waals surface area contributed by atoms with E-state index in [1.54, 1.807) is 16.7 Å². The molecule has 3 heterocycles. The van der Waals surface area contributed by atoms with Crippen molar-refractivity contribution in [2.75, 3.05) is 0 Å². The predicted molar refractivity (Wildman–Crippen MR) is 83.5 cm³/mol. The fourth-order valence-electron chi connectivity index (χ4n) is 2.90. The van der Waals surface area contributed by atoms with Gasteiger partial charge in [-0.05, 0) is 44.0 Å². The second-order valence-electron chi connectivity index (χ2n) is 5.62. The minimum absolute atomic E-state index is 0.00252. The van der Waals surface area contributed by atoms with Crippen molar-refractivity contribution in [3.8, 4) is 11.6 Å². The summed E-state index contributed by atoms with van der Waals surface area (Å²) in [5, 5.41) is 0. The van der Waals surface area contributed by atoms with Crippen molar-refractivity contribution < 1.29 is 9.13 Å². The molecule has 1 unspecified atom stereocenters. The molecule has 2 aromatic heterocycles. The molecule has 23 heavy (non-hydrogen) atoms. The van der Waals surface area contributed by atoms with E-state index in [2.05, 4.69) is 9.97 Å². The molecular weight excluding hydrogens is 297 g/mol. The highest BCUT2D eigenvalue weighted by atomic mass is 19.1. The average molecular weight is 311 g/mol. The maximum Gasteiger partial charge on any atom is 0.216 e. The monoisotopic (exact) mass is 311 g/mol. The first-order chi connectivity index (χ1) is 11.1. The lowest BCUT2D eigenvalue weighted by molar-refractivity contribution is 0.179. The number of pyridine rings is 1. The summed E-state index contributed by atoms with van der Waals surface area (Å²) in [7, 11) is 0. The lowest BCUT2D eigenvalue weighted by atomic mass is 10.0. The topological polar surface area (TPSA) is 57.0 Å². The lowest BCUT2D eigenvalue weighted by Gasteiger charge is -2.26.